The fourth-order valence-corrected chi connectivity index (χ4v) is 5.87. The number of hydrogen-bond donors (Lipinski definition) is 0. The molecule has 1 spiro atoms. The van der Waals surface area contributed by atoms with Crippen LogP contribution in [0.1, 0.15) is 55.2 Å². The van der Waals surface area contributed by atoms with Crippen LogP contribution in [0.2, 0.25) is 0 Å². The van der Waals surface area contributed by atoms with E-state index in [-0.39, 0.29) is 23.1 Å². The predicted octanol–water partition coefficient (Wildman–Crippen LogP) is 5.20. The van der Waals surface area contributed by atoms with Crippen LogP contribution in [0.5, 0.6) is 0 Å². The number of hydrogen-bond acceptors (Lipinski definition) is 2. The molecule has 0 unspecified atom stereocenters. The summed E-state index contributed by atoms with van der Waals surface area (Å²) < 4.78 is 14.2. The molecule has 1 saturated heterocycles. The second-order valence-corrected chi connectivity index (χ2v) is 9.61. The van der Waals surface area contributed by atoms with Crippen LogP contribution in [0.3, 0.4) is 0 Å². The molecule has 2 heterocycles. The molecule has 2 fully saturated rings. The second kappa shape index (κ2) is 7.81. The molecule has 0 atom stereocenters. The van der Waals surface area contributed by atoms with E-state index < -0.39 is 0 Å². The molecule has 4 heteroatoms. The number of anilines is 1. The largest absolute Gasteiger partial charge is 0.311 e. The Hall–Kier alpha value is -2.20. The molecule has 2 aromatic rings. The summed E-state index contributed by atoms with van der Waals surface area (Å²) >= 11 is 0. The lowest BCUT2D eigenvalue weighted by Gasteiger charge is -2.40. The highest BCUT2D eigenvalue weighted by Crippen LogP contribution is 2.48. The maximum atomic E-state index is 14.2. The Balaban J connectivity index is 1.35. The average molecular weight is 407 g/mol. The third-order valence-electron chi connectivity index (χ3n) is 7.55. The van der Waals surface area contributed by atoms with Gasteiger partial charge in [0.2, 0.25) is 5.91 Å². The lowest BCUT2D eigenvalue weighted by Crippen LogP contribution is -2.46. The summed E-state index contributed by atoms with van der Waals surface area (Å²) in [7, 11) is 0. The maximum absolute atomic E-state index is 14.2. The Labute approximate surface area is 178 Å². The topological polar surface area (TPSA) is 23.6 Å². The van der Waals surface area contributed by atoms with Crippen molar-refractivity contribution < 1.29 is 9.18 Å². The van der Waals surface area contributed by atoms with Crippen LogP contribution in [-0.2, 0) is 16.8 Å². The van der Waals surface area contributed by atoms with Gasteiger partial charge < -0.3 is 4.90 Å². The summed E-state index contributed by atoms with van der Waals surface area (Å²) in [6.45, 7) is 5.78. The molecule has 1 saturated carbocycles. The van der Waals surface area contributed by atoms with Crippen molar-refractivity contribution in [3.8, 4) is 0 Å². The summed E-state index contributed by atoms with van der Waals surface area (Å²) in [5, 5.41) is 0. The Bertz CT molecular complexity index is 942. The molecule has 1 amide bonds. The summed E-state index contributed by atoms with van der Waals surface area (Å²) in [6.07, 6.45) is 6.26. The first-order valence-corrected chi connectivity index (χ1v) is 11.4. The maximum Gasteiger partial charge on any atom is 0.230 e. The summed E-state index contributed by atoms with van der Waals surface area (Å²) in [6, 6.07) is 13.8. The highest BCUT2D eigenvalue weighted by Gasteiger charge is 2.47. The highest BCUT2D eigenvalue weighted by molar-refractivity contribution is 5.98. The molecule has 3 aliphatic rings. The van der Waals surface area contributed by atoms with Crippen molar-refractivity contribution in [2.45, 2.75) is 57.4 Å². The molecule has 0 aromatic heterocycles. The second-order valence-electron chi connectivity index (χ2n) is 9.61. The van der Waals surface area contributed by atoms with Crippen LogP contribution < -0.4 is 4.90 Å². The SMILES string of the molecule is Cc1cccc(CN2CCC3(CC2)CN(C(=O)C2CCCC2)c2ccc(F)cc23)c1. The van der Waals surface area contributed by atoms with Gasteiger partial charge in [0.15, 0.2) is 0 Å². The number of halogens is 1. The van der Waals surface area contributed by atoms with Crippen LogP contribution in [0.25, 0.3) is 0 Å². The van der Waals surface area contributed by atoms with E-state index >= 15 is 0 Å². The van der Waals surface area contributed by atoms with Gasteiger partial charge >= 0.3 is 0 Å². The van der Waals surface area contributed by atoms with Crippen LogP contribution in [0.15, 0.2) is 42.5 Å². The van der Waals surface area contributed by atoms with Gasteiger partial charge in [-0.05, 0) is 75.0 Å². The molecule has 2 aliphatic heterocycles. The van der Waals surface area contributed by atoms with Gasteiger partial charge in [-0.25, -0.2) is 4.39 Å². The number of rotatable bonds is 3. The zero-order chi connectivity index (χ0) is 20.7. The normalized spacial score (nSPS) is 21.3. The smallest absolute Gasteiger partial charge is 0.230 e. The first-order valence-electron chi connectivity index (χ1n) is 11.4. The van der Waals surface area contributed by atoms with Gasteiger partial charge in [-0.1, -0.05) is 42.7 Å². The van der Waals surface area contributed by atoms with E-state index in [1.54, 1.807) is 6.07 Å². The first kappa shape index (κ1) is 19.7. The lowest BCUT2D eigenvalue weighted by molar-refractivity contribution is -0.122. The minimum atomic E-state index is -0.189. The van der Waals surface area contributed by atoms with E-state index in [1.165, 1.54) is 17.2 Å². The Morgan fingerprint density at radius 2 is 1.87 bits per heavy atom. The molecular weight excluding hydrogens is 375 g/mol. The van der Waals surface area contributed by atoms with E-state index in [1.807, 2.05) is 11.0 Å². The third kappa shape index (κ3) is 3.56. The lowest BCUT2D eigenvalue weighted by atomic mass is 9.74. The van der Waals surface area contributed by atoms with Gasteiger partial charge in [-0.3, -0.25) is 9.69 Å². The number of aryl methyl sites for hydroxylation is 1. The zero-order valence-corrected chi connectivity index (χ0v) is 17.9. The number of fused-ring (bicyclic) bond motifs is 2. The fraction of sp³-hybridized carbons (Fsp3) is 0.500. The molecule has 2 aromatic carbocycles. The number of carbonyl (C=O) groups is 1. The summed E-state index contributed by atoms with van der Waals surface area (Å²) in [5.74, 6) is 0.226. The number of likely N-dealkylation sites (tertiary alicyclic amines) is 1. The quantitative estimate of drug-likeness (QED) is 0.699. The third-order valence-corrected chi connectivity index (χ3v) is 7.55. The van der Waals surface area contributed by atoms with Crippen molar-refractivity contribution in [2.75, 3.05) is 24.5 Å². The highest BCUT2D eigenvalue weighted by atomic mass is 19.1. The van der Waals surface area contributed by atoms with Crippen molar-refractivity contribution in [1.29, 1.82) is 0 Å². The molecular formula is C26H31FN2O. The summed E-state index contributed by atoms with van der Waals surface area (Å²) in [4.78, 5) is 17.8. The number of piperidine rings is 1. The van der Waals surface area contributed by atoms with Gasteiger partial charge in [-0.15, -0.1) is 0 Å². The fourth-order valence-electron chi connectivity index (χ4n) is 5.87. The van der Waals surface area contributed by atoms with Crippen molar-refractivity contribution in [3.05, 3.63) is 65.0 Å². The van der Waals surface area contributed by atoms with Gasteiger partial charge in [0, 0.05) is 30.1 Å². The first-order chi connectivity index (χ1) is 14.5. The Kier molecular flexibility index (Phi) is 5.14. The Morgan fingerprint density at radius 3 is 2.60 bits per heavy atom. The van der Waals surface area contributed by atoms with Crippen molar-refractivity contribution >= 4 is 11.6 Å². The molecule has 30 heavy (non-hydrogen) atoms. The van der Waals surface area contributed by atoms with E-state index in [0.717, 1.165) is 76.0 Å². The number of benzene rings is 2. The molecule has 3 nitrogen and oxygen atoms in total. The van der Waals surface area contributed by atoms with Gasteiger partial charge in [0.05, 0.1) is 0 Å². The van der Waals surface area contributed by atoms with E-state index in [2.05, 4.69) is 36.1 Å². The average Bonchev–Trinajstić information content (AvgIpc) is 3.37. The number of amides is 1. The van der Waals surface area contributed by atoms with Gasteiger partial charge in [-0.2, -0.15) is 0 Å². The molecule has 0 bridgehead atoms. The van der Waals surface area contributed by atoms with Gasteiger partial charge in [0.1, 0.15) is 5.82 Å². The molecule has 158 valence electrons. The van der Waals surface area contributed by atoms with Gasteiger partial charge in [0.25, 0.3) is 0 Å². The van der Waals surface area contributed by atoms with Crippen molar-refractivity contribution in [3.63, 3.8) is 0 Å². The molecule has 1 aliphatic carbocycles. The summed E-state index contributed by atoms with van der Waals surface area (Å²) in [5.41, 5.74) is 4.56. The van der Waals surface area contributed by atoms with E-state index in [9.17, 15) is 9.18 Å². The van der Waals surface area contributed by atoms with Crippen LogP contribution in [0, 0.1) is 18.7 Å². The van der Waals surface area contributed by atoms with E-state index in [0.29, 0.717) is 0 Å². The standard InChI is InChI=1S/C26H31FN2O/c1-19-5-4-6-20(15-19)17-28-13-11-26(12-14-28)18-29(25(30)21-7-2-3-8-21)24-10-9-22(27)16-23(24)26/h4-6,9-10,15-16,21H,2-3,7-8,11-14,17-18H2,1H3. The van der Waals surface area contributed by atoms with Crippen molar-refractivity contribution in [1.82, 2.24) is 4.90 Å². The molecule has 0 N–H and O–H groups in total. The minimum Gasteiger partial charge on any atom is -0.311 e. The van der Waals surface area contributed by atoms with Crippen LogP contribution in [0.4, 0.5) is 10.1 Å². The van der Waals surface area contributed by atoms with E-state index in [4.69, 9.17) is 0 Å². The molecule has 0 radical (unpaired) electrons. The molecule has 5 rings (SSSR count). The monoisotopic (exact) mass is 406 g/mol. The van der Waals surface area contributed by atoms with Crippen LogP contribution in [-0.4, -0.2) is 30.4 Å². The van der Waals surface area contributed by atoms with Crippen LogP contribution >= 0.6 is 0 Å². The minimum absolute atomic E-state index is 0.102. The zero-order valence-electron chi connectivity index (χ0n) is 17.9. The number of carbonyl (C=O) groups excluding carboxylic acids is 1. The van der Waals surface area contributed by atoms with Crippen molar-refractivity contribution in [2.24, 2.45) is 5.92 Å². The Morgan fingerprint density at radius 1 is 1.10 bits per heavy atom. The predicted molar refractivity (Wildman–Crippen MR) is 118 cm³/mol. The number of nitrogens with zero attached hydrogens (tertiary/aromatic N) is 2.